The first kappa shape index (κ1) is 20.0. The molecule has 1 heterocycles. The number of fused-ring (bicyclic) bond motifs is 1. The van der Waals surface area contributed by atoms with Crippen LogP contribution in [0.4, 0.5) is 9.59 Å². The normalized spacial score (nSPS) is 11.3. The van der Waals surface area contributed by atoms with Gasteiger partial charge < -0.3 is 19.9 Å². The molecule has 0 atom stereocenters. The summed E-state index contributed by atoms with van der Waals surface area (Å²) in [5.41, 5.74) is 0.409. The van der Waals surface area contributed by atoms with Gasteiger partial charge >= 0.3 is 12.1 Å². The van der Waals surface area contributed by atoms with E-state index in [9.17, 15) is 9.59 Å². The van der Waals surface area contributed by atoms with E-state index in [0.717, 1.165) is 15.2 Å². The standard InChI is InChI=1S/C18H26N4O3S/c1-18(2,3)25-17(24)21(4)11-10-19-16(23)22(5)12-15-20-13-8-6-7-9-14(13)26-15/h6-9H,10-12H2,1-5H3,(H,19,23). The van der Waals surface area contributed by atoms with Gasteiger partial charge in [-0.05, 0) is 32.9 Å². The maximum atomic E-state index is 12.2. The van der Waals surface area contributed by atoms with Gasteiger partial charge in [-0.15, -0.1) is 11.3 Å². The zero-order valence-electron chi connectivity index (χ0n) is 15.9. The number of likely N-dealkylation sites (N-methyl/N-ethyl adjacent to an activating group) is 1. The Hall–Kier alpha value is -2.35. The van der Waals surface area contributed by atoms with Crippen molar-refractivity contribution in [2.75, 3.05) is 27.2 Å². The largest absolute Gasteiger partial charge is 0.444 e. The molecule has 8 heteroatoms. The number of carbonyl (C=O) groups is 2. The lowest BCUT2D eigenvalue weighted by Crippen LogP contribution is -2.42. The van der Waals surface area contributed by atoms with Crippen molar-refractivity contribution in [1.29, 1.82) is 0 Å². The molecule has 0 fully saturated rings. The number of carbonyl (C=O) groups excluding carboxylic acids is 2. The Bertz CT molecular complexity index is 736. The van der Waals surface area contributed by atoms with Crippen LogP contribution in [0.5, 0.6) is 0 Å². The summed E-state index contributed by atoms with van der Waals surface area (Å²) in [7, 11) is 3.37. The van der Waals surface area contributed by atoms with Crippen molar-refractivity contribution < 1.29 is 14.3 Å². The second-order valence-corrected chi connectivity index (χ2v) is 8.18. The van der Waals surface area contributed by atoms with Gasteiger partial charge in [0.15, 0.2) is 0 Å². The Balaban J connectivity index is 1.77. The summed E-state index contributed by atoms with van der Waals surface area (Å²) in [5, 5.41) is 3.68. The molecule has 0 unspecified atom stereocenters. The number of para-hydroxylation sites is 1. The van der Waals surface area contributed by atoms with Gasteiger partial charge in [0.05, 0.1) is 16.8 Å². The fourth-order valence-corrected chi connectivity index (χ4v) is 3.18. The molecule has 0 bridgehead atoms. The minimum absolute atomic E-state index is 0.207. The van der Waals surface area contributed by atoms with E-state index in [1.165, 1.54) is 4.90 Å². The van der Waals surface area contributed by atoms with E-state index in [4.69, 9.17) is 4.74 Å². The highest BCUT2D eigenvalue weighted by Gasteiger charge is 2.19. The summed E-state index contributed by atoms with van der Waals surface area (Å²) in [6.45, 7) is 6.61. The van der Waals surface area contributed by atoms with E-state index in [-0.39, 0.29) is 6.03 Å². The first-order valence-electron chi connectivity index (χ1n) is 8.43. The summed E-state index contributed by atoms with van der Waals surface area (Å²) in [6.07, 6.45) is -0.408. The van der Waals surface area contributed by atoms with Crippen LogP contribution in [0.1, 0.15) is 25.8 Å². The minimum Gasteiger partial charge on any atom is -0.444 e. The van der Waals surface area contributed by atoms with Crippen LogP contribution in [-0.2, 0) is 11.3 Å². The van der Waals surface area contributed by atoms with Crippen LogP contribution in [-0.4, -0.2) is 59.7 Å². The van der Waals surface area contributed by atoms with Crippen molar-refractivity contribution in [3.63, 3.8) is 0 Å². The molecule has 2 rings (SSSR count). The summed E-state index contributed by atoms with van der Waals surface area (Å²) in [4.78, 5) is 31.6. The van der Waals surface area contributed by atoms with Crippen LogP contribution >= 0.6 is 11.3 Å². The molecule has 26 heavy (non-hydrogen) atoms. The molecule has 0 saturated carbocycles. The third-order valence-electron chi connectivity index (χ3n) is 3.49. The predicted molar refractivity (Wildman–Crippen MR) is 103 cm³/mol. The van der Waals surface area contributed by atoms with Crippen LogP contribution in [0.25, 0.3) is 10.2 Å². The van der Waals surface area contributed by atoms with E-state index in [0.29, 0.717) is 19.6 Å². The fraction of sp³-hybridized carbons (Fsp3) is 0.500. The van der Waals surface area contributed by atoms with Crippen molar-refractivity contribution in [1.82, 2.24) is 20.1 Å². The second kappa shape index (κ2) is 8.35. The molecule has 142 valence electrons. The molecule has 7 nitrogen and oxygen atoms in total. The summed E-state index contributed by atoms with van der Waals surface area (Å²) in [6, 6.07) is 7.69. The number of nitrogens with one attached hydrogen (secondary N) is 1. The third-order valence-corrected chi connectivity index (χ3v) is 4.51. The molecule has 3 amide bonds. The van der Waals surface area contributed by atoms with Crippen LogP contribution in [0.2, 0.25) is 0 Å². The number of nitrogens with zero attached hydrogens (tertiary/aromatic N) is 3. The molecule has 0 aliphatic rings. The highest BCUT2D eigenvalue weighted by molar-refractivity contribution is 7.18. The molecule has 0 aliphatic carbocycles. The van der Waals surface area contributed by atoms with Crippen molar-refractivity contribution >= 4 is 33.7 Å². The van der Waals surface area contributed by atoms with E-state index in [1.807, 2.05) is 45.0 Å². The number of urea groups is 1. The second-order valence-electron chi connectivity index (χ2n) is 7.07. The van der Waals surface area contributed by atoms with E-state index < -0.39 is 11.7 Å². The van der Waals surface area contributed by atoms with Crippen molar-refractivity contribution in [3.05, 3.63) is 29.3 Å². The molecule has 0 radical (unpaired) electrons. The number of hydrogen-bond donors (Lipinski definition) is 1. The lowest BCUT2D eigenvalue weighted by Gasteiger charge is -2.25. The Kier molecular flexibility index (Phi) is 6.42. The number of hydrogen-bond acceptors (Lipinski definition) is 5. The van der Waals surface area contributed by atoms with Gasteiger partial charge in [0.2, 0.25) is 0 Å². The average molecular weight is 378 g/mol. The van der Waals surface area contributed by atoms with E-state index in [1.54, 1.807) is 30.3 Å². The van der Waals surface area contributed by atoms with Gasteiger partial charge in [-0.2, -0.15) is 0 Å². The molecule has 2 aromatic rings. The molecule has 1 N–H and O–H groups in total. The van der Waals surface area contributed by atoms with Gasteiger partial charge in [0, 0.05) is 27.2 Å². The SMILES string of the molecule is CN(Cc1nc2ccccc2s1)C(=O)NCCN(C)C(=O)OC(C)(C)C. The van der Waals surface area contributed by atoms with Crippen LogP contribution < -0.4 is 5.32 Å². The van der Waals surface area contributed by atoms with Crippen LogP contribution in [0.3, 0.4) is 0 Å². The Labute approximate surface area is 157 Å². The Morgan fingerprint density at radius 3 is 2.54 bits per heavy atom. The average Bonchev–Trinajstić information content (AvgIpc) is 2.95. The number of thiazole rings is 1. The van der Waals surface area contributed by atoms with Crippen LogP contribution in [0.15, 0.2) is 24.3 Å². The van der Waals surface area contributed by atoms with Gasteiger partial charge in [-0.1, -0.05) is 12.1 Å². The highest BCUT2D eigenvalue weighted by Crippen LogP contribution is 2.22. The third kappa shape index (κ3) is 5.87. The molecule has 0 saturated heterocycles. The fourth-order valence-electron chi connectivity index (χ4n) is 2.16. The predicted octanol–water partition coefficient (Wildman–Crippen LogP) is 3.30. The Morgan fingerprint density at radius 2 is 1.88 bits per heavy atom. The first-order chi connectivity index (χ1) is 12.2. The maximum Gasteiger partial charge on any atom is 0.410 e. The lowest BCUT2D eigenvalue weighted by atomic mass is 10.2. The zero-order chi connectivity index (χ0) is 19.3. The lowest BCUT2D eigenvalue weighted by molar-refractivity contribution is 0.0300. The quantitative estimate of drug-likeness (QED) is 0.866. The first-order valence-corrected chi connectivity index (χ1v) is 9.25. The highest BCUT2D eigenvalue weighted by atomic mass is 32.1. The topological polar surface area (TPSA) is 74.8 Å². The molecular formula is C18H26N4O3S. The molecule has 1 aromatic carbocycles. The summed E-state index contributed by atoms with van der Waals surface area (Å²) < 4.78 is 6.38. The van der Waals surface area contributed by atoms with Crippen LogP contribution in [0, 0.1) is 0 Å². The number of benzene rings is 1. The van der Waals surface area contributed by atoms with Gasteiger partial charge in [0.25, 0.3) is 0 Å². The summed E-state index contributed by atoms with van der Waals surface area (Å²) >= 11 is 1.58. The minimum atomic E-state index is -0.536. The molecule has 0 aliphatic heterocycles. The number of amides is 3. The smallest absolute Gasteiger partial charge is 0.410 e. The summed E-state index contributed by atoms with van der Waals surface area (Å²) in [5.74, 6) is 0. The molecular weight excluding hydrogens is 352 g/mol. The van der Waals surface area contributed by atoms with Gasteiger partial charge in [-0.25, -0.2) is 14.6 Å². The molecule has 0 spiro atoms. The maximum absolute atomic E-state index is 12.2. The Morgan fingerprint density at radius 1 is 1.19 bits per heavy atom. The van der Waals surface area contributed by atoms with Gasteiger partial charge in [-0.3, -0.25) is 0 Å². The van der Waals surface area contributed by atoms with Gasteiger partial charge in [0.1, 0.15) is 10.6 Å². The van der Waals surface area contributed by atoms with Crippen molar-refractivity contribution in [2.45, 2.75) is 32.9 Å². The zero-order valence-corrected chi connectivity index (χ0v) is 16.7. The van der Waals surface area contributed by atoms with Crippen molar-refractivity contribution in [3.8, 4) is 0 Å². The number of rotatable bonds is 5. The van der Waals surface area contributed by atoms with E-state index >= 15 is 0 Å². The van der Waals surface area contributed by atoms with E-state index in [2.05, 4.69) is 10.3 Å². The number of ether oxygens (including phenoxy) is 1. The number of aromatic nitrogens is 1. The molecule has 1 aromatic heterocycles. The van der Waals surface area contributed by atoms with Crippen molar-refractivity contribution in [2.24, 2.45) is 0 Å². The monoisotopic (exact) mass is 378 g/mol.